The van der Waals surface area contributed by atoms with Gasteiger partial charge in [-0.25, -0.2) is 4.79 Å². The van der Waals surface area contributed by atoms with Crippen LogP contribution in [-0.2, 0) is 4.79 Å². The van der Waals surface area contributed by atoms with E-state index in [0.717, 1.165) is 45.2 Å². The lowest BCUT2D eigenvalue weighted by Gasteiger charge is -2.34. The average molecular weight is 284 g/mol. The van der Waals surface area contributed by atoms with E-state index in [-0.39, 0.29) is 12.6 Å². The number of amides is 2. The van der Waals surface area contributed by atoms with E-state index in [1.54, 1.807) is 4.90 Å². The van der Waals surface area contributed by atoms with E-state index in [0.29, 0.717) is 12.8 Å². The number of nitrogens with one attached hydrogen (secondary N) is 1. The van der Waals surface area contributed by atoms with Gasteiger partial charge in [0.1, 0.15) is 0 Å². The fraction of sp³-hybridized carbons (Fsp3) is 0.867. The minimum absolute atomic E-state index is 0.125. The van der Waals surface area contributed by atoms with Gasteiger partial charge in [0.05, 0.1) is 5.41 Å². The molecule has 1 fully saturated rings. The molecule has 0 aromatic rings. The van der Waals surface area contributed by atoms with Gasteiger partial charge in [-0.1, -0.05) is 33.1 Å². The highest BCUT2D eigenvalue weighted by atomic mass is 16.4. The van der Waals surface area contributed by atoms with Crippen LogP contribution >= 0.6 is 0 Å². The second-order valence-electron chi connectivity index (χ2n) is 5.79. The van der Waals surface area contributed by atoms with Gasteiger partial charge in [-0.05, 0) is 25.7 Å². The summed E-state index contributed by atoms with van der Waals surface area (Å²) in [5.41, 5.74) is -0.752. The summed E-state index contributed by atoms with van der Waals surface area (Å²) >= 11 is 0. The quantitative estimate of drug-likeness (QED) is 0.755. The molecular weight excluding hydrogens is 256 g/mol. The third kappa shape index (κ3) is 4.39. The van der Waals surface area contributed by atoms with Gasteiger partial charge in [0.15, 0.2) is 0 Å². The van der Waals surface area contributed by atoms with Crippen molar-refractivity contribution in [3.8, 4) is 0 Å². The molecule has 116 valence electrons. The van der Waals surface area contributed by atoms with Gasteiger partial charge in [-0.15, -0.1) is 0 Å². The highest BCUT2D eigenvalue weighted by Gasteiger charge is 2.40. The Hall–Kier alpha value is -1.26. The van der Waals surface area contributed by atoms with Gasteiger partial charge >= 0.3 is 12.0 Å². The monoisotopic (exact) mass is 284 g/mol. The van der Waals surface area contributed by atoms with Crippen molar-refractivity contribution in [2.45, 2.75) is 58.8 Å². The van der Waals surface area contributed by atoms with E-state index >= 15 is 0 Å². The largest absolute Gasteiger partial charge is 0.481 e. The number of aliphatic carboxylic acids is 1. The predicted octanol–water partition coefficient (Wildman–Crippen LogP) is 2.85. The number of urea groups is 1. The molecule has 5 heteroatoms. The Morgan fingerprint density at radius 1 is 1.10 bits per heavy atom. The Balaban J connectivity index is 2.57. The number of carbonyl (C=O) groups is 2. The molecular formula is C15H28N2O3. The molecule has 1 aliphatic carbocycles. The van der Waals surface area contributed by atoms with Crippen LogP contribution in [0.2, 0.25) is 0 Å². The minimum atomic E-state index is -0.768. The SMILES string of the molecule is CCCN(CCC)C(=O)NCC1(C(=O)O)CCCCC1. The van der Waals surface area contributed by atoms with Crippen molar-refractivity contribution in [3.63, 3.8) is 0 Å². The summed E-state index contributed by atoms with van der Waals surface area (Å²) in [5.74, 6) is -0.768. The van der Waals surface area contributed by atoms with E-state index in [1.165, 1.54) is 0 Å². The van der Waals surface area contributed by atoms with Crippen molar-refractivity contribution < 1.29 is 14.7 Å². The van der Waals surface area contributed by atoms with Crippen LogP contribution in [0.4, 0.5) is 4.79 Å². The Labute approximate surface area is 121 Å². The number of rotatable bonds is 7. The van der Waals surface area contributed by atoms with Crippen LogP contribution in [0.1, 0.15) is 58.8 Å². The zero-order chi connectivity index (χ0) is 15.0. The standard InChI is InChI=1S/C15H28N2O3/c1-3-10-17(11-4-2)14(20)16-12-15(13(18)19)8-6-5-7-9-15/h3-12H2,1-2H3,(H,16,20)(H,18,19). The van der Waals surface area contributed by atoms with E-state index in [2.05, 4.69) is 5.32 Å². The number of carboxylic acids is 1. The van der Waals surface area contributed by atoms with Crippen molar-refractivity contribution >= 4 is 12.0 Å². The molecule has 0 heterocycles. The van der Waals surface area contributed by atoms with Crippen molar-refractivity contribution in [3.05, 3.63) is 0 Å². The zero-order valence-electron chi connectivity index (χ0n) is 12.8. The predicted molar refractivity (Wildman–Crippen MR) is 78.7 cm³/mol. The van der Waals surface area contributed by atoms with Crippen LogP contribution in [0.5, 0.6) is 0 Å². The Bertz CT molecular complexity index is 319. The first-order chi connectivity index (χ1) is 9.55. The Morgan fingerprint density at radius 2 is 1.65 bits per heavy atom. The van der Waals surface area contributed by atoms with Crippen LogP contribution in [-0.4, -0.2) is 41.6 Å². The van der Waals surface area contributed by atoms with Gasteiger partial charge < -0.3 is 15.3 Å². The highest BCUT2D eigenvalue weighted by Crippen LogP contribution is 2.36. The first-order valence-corrected chi connectivity index (χ1v) is 7.82. The lowest BCUT2D eigenvalue weighted by Crippen LogP contribution is -2.48. The maximum Gasteiger partial charge on any atom is 0.317 e. The molecule has 0 radical (unpaired) electrons. The minimum Gasteiger partial charge on any atom is -0.481 e. The third-order valence-corrected chi connectivity index (χ3v) is 4.12. The summed E-state index contributed by atoms with van der Waals surface area (Å²) in [6.45, 7) is 5.77. The molecule has 5 nitrogen and oxygen atoms in total. The van der Waals surface area contributed by atoms with Crippen LogP contribution in [0.3, 0.4) is 0 Å². The molecule has 20 heavy (non-hydrogen) atoms. The first-order valence-electron chi connectivity index (χ1n) is 7.82. The Kier molecular flexibility index (Phi) is 6.82. The van der Waals surface area contributed by atoms with Crippen molar-refractivity contribution in [1.29, 1.82) is 0 Å². The van der Waals surface area contributed by atoms with Crippen LogP contribution in [0.15, 0.2) is 0 Å². The lowest BCUT2D eigenvalue weighted by molar-refractivity contribution is -0.150. The molecule has 0 spiro atoms. The van der Waals surface area contributed by atoms with Crippen molar-refractivity contribution in [2.75, 3.05) is 19.6 Å². The molecule has 2 amide bonds. The summed E-state index contributed by atoms with van der Waals surface area (Å²) in [5, 5.41) is 12.3. The van der Waals surface area contributed by atoms with E-state index < -0.39 is 11.4 Å². The molecule has 1 saturated carbocycles. The number of carbonyl (C=O) groups excluding carboxylic acids is 1. The number of nitrogens with zero attached hydrogens (tertiary/aromatic N) is 1. The normalized spacial score (nSPS) is 17.5. The molecule has 2 N–H and O–H groups in total. The lowest BCUT2D eigenvalue weighted by atomic mass is 9.74. The van der Waals surface area contributed by atoms with Gasteiger partial charge in [-0.2, -0.15) is 0 Å². The van der Waals surface area contributed by atoms with Crippen molar-refractivity contribution in [2.24, 2.45) is 5.41 Å². The number of hydrogen-bond donors (Lipinski definition) is 2. The highest BCUT2D eigenvalue weighted by molar-refractivity contribution is 5.78. The molecule has 0 saturated heterocycles. The molecule has 1 aliphatic rings. The molecule has 1 rings (SSSR count). The maximum atomic E-state index is 12.2. The zero-order valence-corrected chi connectivity index (χ0v) is 12.8. The maximum absolute atomic E-state index is 12.2. The fourth-order valence-electron chi connectivity index (χ4n) is 2.91. The molecule has 0 aliphatic heterocycles. The van der Waals surface area contributed by atoms with E-state index in [9.17, 15) is 14.7 Å². The summed E-state index contributed by atoms with van der Waals surface area (Å²) in [6, 6.07) is -0.125. The van der Waals surface area contributed by atoms with E-state index in [4.69, 9.17) is 0 Å². The first kappa shape index (κ1) is 16.8. The number of hydrogen-bond acceptors (Lipinski definition) is 2. The third-order valence-electron chi connectivity index (χ3n) is 4.12. The van der Waals surface area contributed by atoms with Crippen LogP contribution < -0.4 is 5.32 Å². The summed E-state index contributed by atoms with van der Waals surface area (Å²) in [6.07, 6.45) is 6.15. The van der Waals surface area contributed by atoms with Crippen LogP contribution in [0, 0.1) is 5.41 Å². The summed E-state index contributed by atoms with van der Waals surface area (Å²) in [7, 11) is 0. The van der Waals surface area contributed by atoms with Gasteiger partial charge in [-0.3, -0.25) is 4.79 Å². The molecule has 0 unspecified atom stereocenters. The molecule has 0 atom stereocenters. The van der Waals surface area contributed by atoms with Gasteiger partial charge in [0, 0.05) is 19.6 Å². The van der Waals surface area contributed by atoms with Gasteiger partial charge in [0.2, 0.25) is 0 Å². The summed E-state index contributed by atoms with van der Waals surface area (Å²) in [4.78, 5) is 25.5. The van der Waals surface area contributed by atoms with Crippen molar-refractivity contribution in [1.82, 2.24) is 10.2 Å². The molecule has 0 aromatic carbocycles. The number of carboxylic acid groups (broad SMARTS) is 1. The second kappa shape index (κ2) is 8.12. The topological polar surface area (TPSA) is 69.6 Å². The van der Waals surface area contributed by atoms with Crippen LogP contribution in [0.25, 0.3) is 0 Å². The molecule has 0 aromatic heterocycles. The second-order valence-corrected chi connectivity index (χ2v) is 5.79. The van der Waals surface area contributed by atoms with Gasteiger partial charge in [0.25, 0.3) is 0 Å². The fourth-order valence-corrected chi connectivity index (χ4v) is 2.91. The smallest absolute Gasteiger partial charge is 0.317 e. The molecule has 0 bridgehead atoms. The average Bonchev–Trinajstić information content (AvgIpc) is 2.45. The van der Waals surface area contributed by atoms with E-state index in [1.807, 2.05) is 13.8 Å². The Morgan fingerprint density at radius 3 is 2.10 bits per heavy atom. The summed E-state index contributed by atoms with van der Waals surface area (Å²) < 4.78 is 0.